The molecule has 1 amide bonds. The van der Waals surface area contributed by atoms with Crippen molar-refractivity contribution in [3.63, 3.8) is 0 Å². The number of benzene rings is 2. The lowest BCUT2D eigenvalue weighted by Gasteiger charge is -2.16. The van der Waals surface area contributed by atoms with Crippen molar-refractivity contribution >= 4 is 17.4 Å². The van der Waals surface area contributed by atoms with Crippen molar-refractivity contribution in [3.8, 4) is 0 Å². The van der Waals surface area contributed by atoms with Gasteiger partial charge < -0.3 is 4.90 Å². The Labute approximate surface area is 156 Å². The van der Waals surface area contributed by atoms with Crippen molar-refractivity contribution in [1.29, 1.82) is 0 Å². The monoisotopic (exact) mass is 349 g/mol. The van der Waals surface area contributed by atoms with Gasteiger partial charge in [-0.3, -0.25) is 9.59 Å². The molecule has 3 rings (SSSR count). The molecule has 0 saturated heterocycles. The van der Waals surface area contributed by atoms with Crippen LogP contribution in [0.3, 0.4) is 0 Å². The summed E-state index contributed by atoms with van der Waals surface area (Å²) in [7, 11) is 0. The quantitative estimate of drug-likeness (QED) is 0.682. The smallest absolute Gasteiger partial charge is 0.258 e. The van der Waals surface area contributed by atoms with Gasteiger partial charge >= 0.3 is 0 Å². The second-order valence-electron chi connectivity index (χ2n) is 7.45. The lowest BCUT2D eigenvalue weighted by atomic mass is 10.0. The number of amides is 1. The van der Waals surface area contributed by atoms with Crippen LogP contribution in [-0.4, -0.2) is 11.7 Å². The van der Waals surface area contributed by atoms with E-state index in [1.807, 2.05) is 35.2 Å². The zero-order chi connectivity index (χ0) is 18.7. The van der Waals surface area contributed by atoms with Gasteiger partial charge in [-0.15, -0.1) is 0 Å². The minimum absolute atomic E-state index is 0.0279. The number of nitrogens with zero attached hydrogens (tertiary/aromatic N) is 1. The van der Waals surface area contributed by atoms with Crippen molar-refractivity contribution in [3.05, 3.63) is 64.7 Å². The third-order valence-electron chi connectivity index (χ3n) is 5.06. The summed E-state index contributed by atoms with van der Waals surface area (Å²) in [6.07, 6.45) is 3.00. The SMILES string of the molecule is CCCCC(=O)Cc1ccc2c(c1)C(=O)N(c1ccc(C(C)C)cc1)C2. The average Bonchev–Trinajstić information content (AvgIpc) is 2.96. The van der Waals surface area contributed by atoms with E-state index >= 15 is 0 Å². The molecule has 0 spiro atoms. The molecule has 0 aliphatic carbocycles. The van der Waals surface area contributed by atoms with Crippen LogP contribution in [0.15, 0.2) is 42.5 Å². The van der Waals surface area contributed by atoms with Crippen molar-refractivity contribution < 1.29 is 9.59 Å². The summed E-state index contributed by atoms with van der Waals surface area (Å²) >= 11 is 0. The highest BCUT2D eigenvalue weighted by Gasteiger charge is 2.28. The lowest BCUT2D eigenvalue weighted by Crippen LogP contribution is -2.22. The molecule has 0 bridgehead atoms. The normalized spacial score (nSPS) is 13.4. The molecule has 0 fully saturated rings. The number of unbranched alkanes of at least 4 members (excludes halogenated alkanes) is 1. The van der Waals surface area contributed by atoms with Crippen LogP contribution in [0.5, 0.6) is 0 Å². The Hall–Kier alpha value is -2.42. The molecule has 0 atom stereocenters. The number of hydrogen-bond acceptors (Lipinski definition) is 2. The van der Waals surface area contributed by atoms with Crippen molar-refractivity contribution in [2.45, 2.75) is 58.9 Å². The second-order valence-corrected chi connectivity index (χ2v) is 7.45. The number of anilines is 1. The number of rotatable bonds is 7. The molecule has 0 saturated carbocycles. The molecule has 0 aromatic heterocycles. The van der Waals surface area contributed by atoms with E-state index in [0.29, 0.717) is 25.3 Å². The van der Waals surface area contributed by atoms with Crippen molar-refractivity contribution in [2.24, 2.45) is 0 Å². The molecule has 3 heteroatoms. The fourth-order valence-corrected chi connectivity index (χ4v) is 3.40. The molecule has 2 aromatic rings. The van der Waals surface area contributed by atoms with Gasteiger partial charge in [-0.25, -0.2) is 0 Å². The molecule has 136 valence electrons. The predicted octanol–water partition coefficient (Wildman–Crippen LogP) is 5.27. The van der Waals surface area contributed by atoms with Crippen LogP contribution in [0.2, 0.25) is 0 Å². The van der Waals surface area contributed by atoms with Gasteiger partial charge in [0.25, 0.3) is 5.91 Å². The largest absolute Gasteiger partial charge is 0.304 e. The molecule has 0 unspecified atom stereocenters. The predicted molar refractivity (Wildman–Crippen MR) is 106 cm³/mol. The van der Waals surface area contributed by atoms with Gasteiger partial charge in [0.05, 0.1) is 6.54 Å². The van der Waals surface area contributed by atoms with Crippen molar-refractivity contribution in [2.75, 3.05) is 4.90 Å². The summed E-state index contributed by atoms with van der Waals surface area (Å²) in [6, 6.07) is 14.1. The highest BCUT2D eigenvalue weighted by molar-refractivity contribution is 6.10. The summed E-state index contributed by atoms with van der Waals surface area (Å²) in [6.45, 7) is 7.01. The van der Waals surface area contributed by atoms with Gasteiger partial charge in [0.2, 0.25) is 0 Å². The standard InChI is InChI=1S/C23H27NO2/c1-4-5-6-21(25)13-17-7-8-19-15-24(23(26)22(19)14-17)20-11-9-18(10-12-20)16(2)3/h7-12,14,16H,4-6,13,15H2,1-3H3. The summed E-state index contributed by atoms with van der Waals surface area (Å²) in [4.78, 5) is 26.7. The Morgan fingerprint density at radius 3 is 2.50 bits per heavy atom. The highest BCUT2D eigenvalue weighted by Crippen LogP contribution is 2.30. The first-order valence-electron chi connectivity index (χ1n) is 9.55. The lowest BCUT2D eigenvalue weighted by molar-refractivity contribution is -0.118. The third-order valence-corrected chi connectivity index (χ3v) is 5.06. The Bertz CT molecular complexity index is 805. The molecule has 0 N–H and O–H groups in total. The van der Waals surface area contributed by atoms with Gasteiger partial charge in [-0.2, -0.15) is 0 Å². The molecule has 1 aliphatic rings. The van der Waals surface area contributed by atoms with Gasteiger partial charge in [-0.05, 0) is 47.2 Å². The number of ketones is 1. The van der Waals surface area contributed by atoms with Crippen LogP contribution in [0.4, 0.5) is 5.69 Å². The molecule has 1 aliphatic heterocycles. The molecular weight excluding hydrogens is 322 g/mol. The van der Waals surface area contributed by atoms with E-state index in [9.17, 15) is 9.59 Å². The summed E-state index contributed by atoms with van der Waals surface area (Å²) in [5, 5.41) is 0. The Kier molecular flexibility index (Phi) is 5.55. The maximum absolute atomic E-state index is 12.9. The highest BCUT2D eigenvalue weighted by atomic mass is 16.2. The van der Waals surface area contributed by atoms with E-state index in [1.54, 1.807) is 0 Å². The maximum atomic E-state index is 12.9. The fourth-order valence-electron chi connectivity index (χ4n) is 3.40. The van der Waals surface area contributed by atoms with E-state index in [1.165, 1.54) is 5.56 Å². The van der Waals surface area contributed by atoms with Gasteiger partial charge in [0, 0.05) is 24.1 Å². The minimum Gasteiger partial charge on any atom is -0.304 e. The van der Waals surface area contributed by atoms with E-state index in [-0.39, 0.29) is 11.7 Å². The van der Waals surface area contributed by atoms with Crippen LogP contribution in [-0.2, 0) is 17.8 Å². The van der Waals surface area contributed by atoms with Crippen molar-refractivity contribution in [1.82, 2.24) is 0 Å². The van der Waals surface area contributed by atoms with Gasteiger partial charge in [-0.1, -0.05) is 51.5 Å². The first-order valence-corrected chi connectivity index (χ1v) is 9.55. The van der Waals surface area contributed by atoms with Crippen LogP contribution >= 0.6 is 0 Å². The molecule has 3 nitrogen and oxygen atoms in total. The van der Waals surface area contributed by atoms with Crippen LogP contribution in [0.1, 0.15) is 73.0 Å². The number of Topliss-reactive ketones (excluding diaryl/α,β-unsaturated/α-hetero) is 1. The molecule has 2 aromatic carbocycles. The van der Waals surface area contributed by atoms with E-state index in [0.717, 1.165) is 35.2 Å². The first kappa shape index (κ1) is 18.4. The topological polar surface area (TPSA) is 37.4 Å². The Balaban J connectivity index is 1.75. The number of hydrogen-bond donors (Lipinski definition) is 0. The molecule has 1 heterocycles. The van der Waals surface area contributed by atoms with Gasteiger partial charge in [0.15, 0.2) is 0 Å². The second kappa shape index (κ2) is 7.86. The molecular formula is C23H27NO2. The average molecular weight is 349 g/mol. The third kappa shape index (κ3) is 3.87. The van der Waals surface area contributed by atoms with Gasteiger partial charge in [0.1, 0.15) is 5.78 Å². The summed E-state index contributed by atoms with van der Waals surface area (Å²) in [5.74, 6) is 0.752. The van der Waals surface area contributed by atoms with Crippen LogP contribution in [0.25, 0.3) is 0 Å². The van der Waals surface area contributed by atoms with E-state index in [4.69, 9.17) is 0 Å². The van der Waals surface area contributed by atoms with E-state index < -0.39 is 0 Å². The zero-order valence-corrected chi connectivity index (χ0v) is 15.9. The van der Waals surface area contributed by atoms with E-state index in [2.05, 4.69) is 32.9 Å². The fraction of sp³-hybridized carbons (Fsp3) is 0.391. The molecule has 26 heavy (non-hydrogen) atoms. The number of fused-ring (bicyclic) bond motifs is 1. The van der Waals surface area contributed by atoms with Crippen LogP contribution in [0, 0.1) is 0 Å². The minimum atomic E-state index is 0.0279. The first-order chi connectivity index (χ1) is 12.5. The van der Waals surface area contributed by atoms with Crippen LogP contribution < -0.4 is 4.90 Å². The Morgan fingerprint density at radius 1 is 1.12 bits per heavy atom. The number of carbonyl (C=O) groups is 2. The maximum Gasteiger partial charge on any atom is 0.258 e. The summed E-state index contributed by atoms with van der Waals surface area (Å²) in [5.41, 5.74) is 4.91. The molecule has 0 radical (unpaired) electrons. The summed E-state index contributed by atoms with van der Waals surface area (Å²) < 4.78 is 0. The zero-order valence-electron chi connectivity index (χ0n) is 15.9. The number of carbonyl (C=O) groups excluding carboxylic acids is 2. The Morgan fingerprint density at radius 2 is 1.85 bits per heavy atom.